The molecular formula is C10H19N3. The van der Waals surface area contributed by atoms with E-state index in [4.69, 9.17) is 5.26 Å². The molecule has 0 aromatic heterocycles. The third-order valence-corrected chi connectivity index (χ3v) is 2.81. The first kappa shape index (κ1) is 10.5. The molecule has 1 fully saturated rings. The molecule has 0 spiro atoms. The second kappa shape index (κ2) is 5.21. The molecule has 1 rings (SSSR count). The van der Waals surface area contributed by atoms with Crippen molar-refractivity contribution in [3.63, 3.8) is 0 Å². The summed E-state index contributed by atoms with van der Waals surface area (Å²) in [5.74, 6) is 0. The summed E-state index contributed by atoms with van der Waals surface area (Å²) in [5.41, 5.74) is 0. The van der Waals surface area contributed by atoms with Gasteiger partial charge in [-0.3, -0.25) is 0 Å². The van der Waals surface area contributed by atoms with Gasteiger partial charge in [0.25, 0.3) is 0 Å². The van der Waals surface area contributed by atoms with Gasteiger partial charge in [0.05, 0.1) is 6.07 Å². The quantitative estimate of drug-likeness (QED) is 0.607. The second-order valence-electron chi connectivity index (χ2n) is 3.89. The molecule has 0 amide bonds. The zero-order valence-electron chi connectivity index (χ0n) is 8.66. The molecule has 0 aromatic rings. The first-order valence-corrected chi connectivity index (χ1v) is 5.03. The van der Waals surface area contributed by atoms with Crippen molar-refractivity contribution in [1.82, 2.24) is 9.80 Å². The first-order chi connectivity index (χ1) is 6.24. The molecule has 0 saturated carbocycles. The minimum atomic E-state index is 0.663. The minimum absolute atomic E-state index is 0.663. The zero-order valence-corrected chi connectivity index (χ0v) is 8.66. The van der Waals surface area contributed by atoms with Crippen LogP contribution in [-0.2, 0) is 0 Å². The van der Waals surface area contributed by atoms with Crippen molar-refractivity contribution >= 4 is 0 Å². The molecule has 1 unspecified atom stereocenters. The molecule has 74 valence electrons. The molecule has 1 aliphatic heterocycles. The summed E-state index contributed by atoms with van der Waals surface area (Å²) in [7, 11) is 2.18. The fourth-order valence-corrected chi connectivity index (χ4v) is 1.71. The van der Waals surface area contributed by atoms with Crippen molar-refractivity contribution in [1.29, 1.82) is 5.26 Å². The van der Waals surface area contributed by atoms with Gasteiger partial charge in [0, 0.05) is 32.1 Å². The molecule has 13 heavy (non-hydrogen) atoms. The number of likely N-dealkylation sites (N-methyl/N-ethyl adjacent to an activating group) is 1. The van der Waals surface area contributed by atoms with E-state index in [9.17, 15) is 0 Å². The van der Waals surface area contributed by atoms with Crippen molar-refractivity contribution in [2.75, 3.05) is 33.2 Å². The Morgan fingerprint density at radius 2 is 2.23 bits per heavy atom. The van der Waals surface area contributed by atoms with Crippen molar-refractivity contribution in [3.05, 3.63) is 0 Å². The predicted octanol–water partition coefficient (Wildman–Crippen LogP) is 0.926. The van der Waals surface area contributed by atoms with Crippen LogP contribution in [0.25, 0.3) is 0 Å². The molecule has 0 N–H and O–H groups in total. The highest BCUT2D eigenvalue weighted by molar-refractivity contribution is 4.77. The topological polar surface area (TPSA) is 30.3 Å². The molecular weight excluding hydrogens is 162 g/mol. The molecule has 3 nitrogen and oxygen atoms in total. The van der Waals surface area contributed by atoms with Crippen LogP contribution in [0.2, 0.25) is 0 Å². The Morgan fingerprint density at radius 3 is 2.85 bits per heavy atom. The van der Waals surface area contributed by atoms with Crippen LogP contribution in [-0.4, -0.2) is 49.1 Å². The Bertz CT molecular complexity index is 185. The standard InChI is InChI=1S/C10H19N3/c1-10-9-13(6-4-3-5-11)8-7-12(10)2/h10H,3-4,6-9H2,1-2H3. The highest BCUT2D eigenvalue weighted by Crippen LogP contribution is 2.07. The Labute approximate surface area is 80.9 Å². The summed E-state index contributed by atoms with van der Waals surface area (Å²) in [6.45, 7) is 6.82. The third-order valence-electron chi connectivity index (χ3n) is 2.81. The van der Waals surface area contributed by atoms with Gasteiger partial charge < -0.3 is 9.80 Å². The van der Waals surface area contributed by atoms with Gasteiger partial charge in [-0.05, 0) is 26.9 Å². The second-order valence-corrected chi connectivity index (χ2v) is 3.89. The van der Waals surface area contributed by atoms with Crippen LogP contribution in [0.3, 0.4) is 0 Å². The van der Waals surface area contributed by atoms with Gasteiger partial charge in [-0.2, -0.15) is 5.26 Å². The highest BCUT2D eigenvalue weighted by atomic mass is 15.3. The lowest BCUT2D eigenvalue weighted by Crippen LogP contribution is -2.50. The Kier molecular flexibility index (Phi) is 4.20. The SMILES string of the molecule is CC1CN(CCCC#N)CCN1C. The van der Waals surface area contributed by atoms with Gasteiger partial charge in [-0.1, -0.05) is 0 Å². The van der Waals surface area contributed by atoms with Crippen LogP contribution in [0.4, 0.5) is 0 Å². The summed E-state index contributed by atoms with van der Waals surface area (Å²) in [6.07, 6.45) is 1.72. The maximum absolute atomic E-state index is 8.41. The van der Waals surface area contributed by atoms with E-state index in [-0.39, 0.29) is 0 Å². The van der Waals surface area contributed by atoms with E-state index >= 15 is 0 Å². The summed E-state index contributed by atoms with van der Waals surface area (Å²) < 4.78 is 0. The summed E-state index contributed by atoms with van der Waals surface area (Å²) in [4.78, 5) is 4.85. The van der Waals surface area contributed by atoms with Gasteiger partial charge >= 0.3 is 0 Å². The third kappa shape index (κ3) is 3.33. The summed E-state index contributed by atoms with van der Waals surface area (Å²) >= 11 is 0. The molecule has 1 saturated heterocycles. The van der Waals surface area contributed by atoms with E-state index in [0.29, 0.717) is 12.5 Å². The Morgan fingerprint density at radius 1 is 1.46 bits per heavy atom. The van der Waals surface area contributed by atoms with Crippen molar-refractivity contribution < 1.29 is 0 Å². The van der Waals surface area contributed by atoms with Crippen LogP contribution >= 0.6 is 0 Å². The van der Waals surface area contributed by atoms with Gasteiger partial charge in [0.1, 0.15) is 0 Å². The zero-order chi connectivity index (χ0) is 9.68. The lowest BCUT2D eigenvalue weighted by molar-refractivity contribution is 0.105. The van der Waals surface area contributed by atoms with E-state index in [2.05, 4.69) is 29.8 Å². The van der Waals surface area contributed by atoms with Crippen LogP contribution in [0.1, 0.15) is 19.8 Å². The molecule has 1 atom stereocenters. The fraction of sp³-hybridized carbons (Fsp3) is 0.900. The first-order valence-electron chi connectivity index (χ1n) is 5.03. The van der Waals surface area contributed by atoms with Crippen LogP contribution in [0, 0.1) is 11.3 Å². The van der Waals surface area contributed by atoms with Crippen molar-refractivity contribution in [2.45, 2.75) is 25.8 Å². The average molecular weight is 181 g/mol. The lowest BCUT2D eigenvalue weighted by Gasteiger charge is -2.37. The molecule has 1 aliphatic rings. The van der Waals surface area contributed by atoms with E-state index < -0.39 is 0 Å². The number of rotatable bonds is 3. The number of nitrogens with zero attached hydrogens (tertiary/aromatic N) is 3. The summed E-state index contributed by atoms with van der Waals surface area (Å²) in [5, 5.41) is 8.41. The normalized spacial score (nSPS) is 25.8. The van der Waals surface area contributed by atoms with Crippen LogP contribution in [0.15, 0.2) is 0 Å². The van der Waals surface area contributed by atoms with Gasteiger partial charge in [0.15, 0.2) is 0 Å². The fourth-order valence-electron chi connectivity index (χ4n) is 1.71. The number of hydrogen-bond acceptors (Lipinski definition) is 3. The Hall–Kier alpha value is -0.590. The molecule has 0 aliphatic carbocycles. The number of nitriles is 1. The number of piperazine rings is 1. The van der Waals surface area contributed by atoms with E-state index in [0.717, 1.165) is 32.6 Å². The monoisotopic (exact) mass is 181 g/mol. The predicted molar refractivity (Wildman–Crippen MR) is 53.4 cm³/mol. The Balaban J connectivity index is 2.18. The summed E-state index contributed by atoms with van der Waals surface area (Å²) in [6, 6.07) is 2.85. The maximum atomic E-state index is 8.41. The molecule has 3 heteroatoms. The highest BCUT2D eigenvalue weighted by Gasteiger charge is 2.19. The van der Waals surface area contributed by atoms with Crippen LogP contribution in [0.5, 0.6) is 0 Å². The lowest BCUT2D eigenvalue weighted by atomic mass is 10.2. The van der Waals surface area contributed by atoms with Crippen LogP contribution < -0.4 is 0 Å². The van der Waals surface area contributed by atoms with Gasteiger partial charge in [-0.25, -0.2) is 0 Å². The number of unbranched alkanes of at least 4 members (excludes halogenated alkanes) is 1. The van der Waals surface area contributed by atoms with E-state index in [1.54, 1.807) is 0 Å². The molecule has 0 radical (unpaired) electrons. The molecule has 1 heterocycles. The molecule has 0 aromatic carbocycles. The maximum Gasteiger partial charge on any atom is 0.0622 e. The van der Waals surface area contributed by atoms with E-state index in [1.807, 2.05) is 0 Å². The van der Waals surface area contributed by atoms with Crippen molar-refractivity contribution in [3.8, 4) is 6.07 Å². The molecule has 0 bridgehead atoms. The largest absolute Gasteiger partial charge is 0.301 e. The number of hydrogen-bond donors (Lipinski definition) is 0. The van der Waals surface area contributed by atoms with Gasteiger partial charge in [-0.15, -0.1) is 0 Å². The van der Waals surface area contributed by atoms with Gasteiger partial charge in [0.2, 0.25) is 0 Å². The minimum Gasteiger partial charge on any atom is -0.301 e. The van der Waals surface area contributed by atoms with E-state index in [1.165, 1.54) is 0 Å². The van der Waals surface area contributed by atoms with Crippen molar-refractivity contribution in [2.24, 2.45) is 0 Å². The smallest absolute Gasteiger partial charge is 0.0622 e. The average Bonchev–Trinajstić information content (AvgIpc) is 2.12.